The fourth-order valence-corrected chi connectivity index (χ4v) is 6.27. The molecule has 0 bridgehead atoms. The number of nitrogens with zero attached hydrogens (tertiary/aromatic N) is 4. The summed E-state index contributed by atoms with van der Waals surface area (Å²) >= 11 is 0. The Hall–Kier alpha value is -3.27. The highest BCUT2D eigenvalue weighted by Gasteiger charge is 2.36. The van der Waals surface area contributed by atoms with Crippen molar-refractivity contribution in [1.82, 2.24) is 15.0 Å². The fraction of sp³-hybridized carbons (Fsp3) is 0.429. The van der Waals surface area contributed by atoms with Crippen LogP contribution in [0.1, 0.15) is 48.6 Å². The number of nitriles is 1. The predicted octanol–water partition coefficient (Wildman–Crippen LogP) is 4.73. The molecule has 2 aliphatic rings. The Bertz CT molecular complexity index is 1460. The third-order valence-electron chi connectivity index (χ3n) is 7.37. The average molecular weight is 517 g/mol. The van der Waals surface area contributed by atoms with Gasteiger partial charge in [0.1, 0.15) is 18.6 Å². The van der Waals surface area contributed by atoms with Crippen molar-refractivity contribution < 1.29 is 9.67 Å². The number of aliphatic hydroxyl groups is 1. The van der Waals surface area contributed by atoms with Crippen LogP contribution in [0.25, 0.3) is 11.3 Å². The topological polar surface area (TPSA) is 124 Å². The van der Waals surface area contributed by atoms with Crippen LogP contribution in [0.3, 0.4) is 0 Å². The highest BCUT2D eigenvalue weighted by molar-refractivity contribution is 7.70. The van der Waals surface area contributed by atoms with Gasteiger partial charge in [-0.1, -0.05) is 19.8 Å². The molecule has 0 saturated heterocycles. The van der Waals surface area contributed by atoms with Gasteiger partial charge in [-0.2, -0.15) is 5.26 Å². The molecule has 1 fully saturated rings. The Morgan fingerprint density at radius 1 is 1.27 bits per heavy atom. The number of pyridine rings is 1. The molecule has 8 nitrogen and oxygen atoms in total. The molecule has 1 saturated carbocycles. The summed E-state index contributed by atoms with van der Waals surface area (Å²) in [5, 5.41) is 26.4. The van der Waals surface area contributed by atoms with E-state index in [4.69, 9.17) is 9.97 Å². The number of benzene rings is 1. The lowest BCUT2D eigenvalue weighted by Gasteiger charge is -2.21. The zero-order valence-corrected chi connectivity index (χ0v) is 22.7. The molecule has 3 heterocycles. The molecule has 0 unspecified atom stereocenters. The number of hydrogen-bond acceptors (Lipinski definition) is 8. The minimum atomic E-state index is -2.51. The minimum Gasteiger partial charge on any atom is -0.395 e. The molecule has 1 aromatic carbocycles. The molecule has 37 heavy (non-hydrogen) atoms. The summed E-state index contributed by atoms with van der Waals surface area (Å²) in [6, 6.07) is 9.92. The van der Waals surface area contributed by atoms with Gasteiger partial charge in [-0.15, -0.1) is 0 Å². The first-order valence-electron chi connectivity index (χ1n) is 12.7. The van der Waals surface area contributed by atoms with Gasteiger partial charge >= 0.3 is 0 Å². The maximum Gasteiger partial charge on any atom is 0.227 e. The van der Waals surface area contributed by atoms with Crippen molar-refractivity contribution >= 4 is 29.9 Å². The van der Waals surface area contributed by atoms with Crippen molar-refractivity contribution in [3.63, 3.8) is 0 Å². The Labute approximate surface area is 218 Å². The maximum absolute atomic E-state index is 12.9. The van der Waals surface area contributed by atoms with Crippen LogP contribution in [-0.2, 0) is 16.4 Å². The maximum atomic E-state index is 12.9. The van der Waals surface area contributed by atoms with E-state index in [2.05, 4.69) is 21.7 Å². The number of nitrogens with one attached hydrogen (secondary N) is 2. The van der Waals surface area contributed by atoms with E-state index >= 15 is 0 Å². The fourth-order valence-electron chi connectivity index (χ4n) is 5.00. The summed E-state index contributed by atoms with van der Waals surface area (Å²) in [5.41, 5.74) is 6.51. The Kier molecular flexibility index (Phi) is 6.55. The van der Waals surface area contributed by atoms with E-state index in [1.165, 1.54) is 12.8 Å². The van der Waals surface area contributed by atoms with Crippen LogP contribution < -0.4 is 16.1 Å². The van der Waals surface area contributed by atoms with Crippen molar-refractivity contribution in [1.29, 1.82) is 5.26 Å². The quantitative estimate of drug-likeness (QED) is 0.367. The molecule has 0 radical (unpaired) electrons. The van der Waals surface area contributed by atoms with Crippen LogP contribution in [0.4, 0.5) is 17.3 Å². The Morgan fingerprint density at radius 3 is 2.73 bits per heavy atom. The molecule has 3 aromatic rings. The first-order valence-corrected chi connectivity index (χ1v) is 15.3. The van der Waals surface area contributed by atoms with Gasteiger partial charge in [0, 0.05) is 23.7 Å². The molecule has 1 aliphatic heterocycles. The molecular formula is C28H33N6O2P. The number of anilines is 3. The number of rotatable bonds is 8. The molecule has 0 spiro atoms. The summed E-state index contributed by atoms with van der Waals surface area (Å²) in [4.78, 5) is 14.1. The lowest BCUT2D eigenvalue weighted by atomic mass is 9.83. The van der Waals surface area contributed by atoms with Gasteiger partial charge in [0.05, 0.1) is 34.9 Å². The van der Waals surface area contributed by atoms with E-state index in [9.17, 15) is 14.9 Å². The van der Waals surface area contributed by atoms with Gasteiger partial charge in [0.15, 0.2) is 0 Å². The third-order valence-corrected chi connectivity index (χ3v) is 8.85. The van der Waals surface area contributed by atoms with Crippen LogP contribution >= 0.6 is 7.14 Å². The van der Waals surface area contributed by atoms with E-state index < -0.39 is 12.6 Å². The molecule has 3 N–H and O–H groups in total. The first kappa shape index (κ1) is 25.4. The van der Waals surface area contributed by atoms with Crippen LogP contribution in [0.2, 0.25) is 0 Å². The van der Waals surface area contributed by atoms with Gasteiger partial charge in [-0.05, 0) is 74.4 Å². The standard InChI is InChI=1S/C28H33N6O2P/c1-17-11-24(23(8-7-18-5-6-18)32-26(17)37(3,4)36)34-27-30-10-9-22(33-27)19-12-20(14-29)25-21(13-19)28(2,16-35)15-31-25/h9-13,18,31,35H,5-8,15-16H2,1-4H3,(H,30,33,34)/t28-/m1/s1. The summed E-state index contributed by atoms with van der Waals surface area (Å²) in [6.45, 7) is 7.99. The predicted molar refractivity (Wildman–Crippen MR) is 148 cm³/mol. The summed E-state index contributed by atoms with van der Waals surface area (Å²) in [5.74, 6) is 1.18. The normalized spacial score (nSPS) is 18.7. The zero-order chi connectivity index (χ0) is 26.4. The molecule has 1 aliphatic carbocycles. The van der Waals surface area contributed by atoms with E-state index in [-0.39, 0.29) is 6.61 Å². The second-order valence-electron chi connectivity index (χ2n) is 11.0. The number of aromatic nitrogens is 3. The molecule has 5 rings (SSSR count). The first-order chi connectivity index (χ1) is 17.6. The van der Waals surface area contributed by atoms with E-state index in [0.29, 0.717) is 29.2 Å². The summed E-state index contributed by atoms with van der Waals surface area (Å²) < 4.78 is 12.9. The average Bonchev–Trinajstić information content (AvgIpc) is 3.64. The Morgan fingerprint density at radius 2 is 2.05 bits per heavy atom. The molecule has 192 valence electrons. The number of hydrogen-bond donors (Lipinski definition) is 3. The van der Waals surface area contributed by atoms with Gasteiger partial charge in [-0.25, -0.2) is 15.0 Å². The molecule has 2 aromatic heterocycles. The minimum absolute atomic E-state index is 0.0215. The van der Waals surface area contributed by atoms with Crippen molar-refractivity contribution in [2.24, 2.45) is 5.92 Å². The highest BCUT2D eigenvalue weighted by Crippen LogP contribution is 2.41. The number of aliphatic hydroxyl groups excluding tert-OH is 1. The lowest BCUT2D eigenvalue weighted by molar-refractivity contribution is 0.219. The second kappa shape index (κ2) is 9.55. The largest absolute Gasteiger partial charge is 0.395 e. The van der Waals surface area contributed by atoms with Gasteiger partial charge in [0.2, 0.25) is 5.95 Å². The SMILES string of the molecule is Cc1cc(Nc2nccc(-c3cc(C#N)c4c(c3)[C@@](C)(CO)CN4)n2)c(CCC2CC2)nc1P(C)(C)=O. The van der Waals surface area contributed by atoms with Gasteiger partial charge < -0.3 is 20.3 Å². The molecule has 0 amide bonds. The van der Waals surface area contributed by atoms with Gasteiger partial charge in [0.25, 0.3) is 0 Å². The van der Waals surface area contributed by atoms with Crippen LogP contribution in [0.15, 0.2) is 30.5 Å². The van der Waals surface area contributed by atoms with Crippen molar-refractivity contribution in [2.75, 3.05) is 37.1 Å². The Balaban J connectivity index is 1.51. The van der Waals surface area contributed by atoms with E-state index in [1.807, 2.05) is 38.1 Å². The summed E-state index contributed by atoms with van der Waals surface area (Å²) in [6.07, 6.45) is 6.10. The van der Waals surface area contributed by atoms with Crippen LogP contribution in [0.5, 0.6) is 0 Å². The van der Waals surface area contributed by atoms with E-state index in [1.54, 1.807) is 19.5 Å². The van der Waals surface area contributed by atoms with Gasteiger partial charge in [-0.3, -0.25) is 0 Å². The molecule has 1 atom stereocenters. The van der Waals surface area contributed by atoms with Crippen molar-refractivity contribution in [3.05, 3.63) is 52.8 Å². The second-order valence-corrected chi connectivity index (χ2v) is 14.1. The third kappa shape index (κ3) is 5.12. The number of fused-ring (bicyclic) bond motifs is 1. The van der Waals surface area contributed by atoms with Crippen LogP contribution in [0, 0.1) is 24.2 Å². The monoisotopic (exact) mass is 516 g/mol. The summed E-state index contributed by atoms with van der Waals surface area (Å²) in [7, 11) is -2.51. The zero-order valence-electron chi connectivity index (χ0n) is 21.8. The lowest BCUT2D eigenvalue weighted by Crippen LogP contribution is -2.28. The molecular weight excluding hydrogens is 483 g/mol. The van der Waals surface area contributed by atoms with E-state index in [0.717, 1.165) is 52.5 Å². The smallest absolute Gasteiger partial charge is 0.227 e. The van der Waals surface area contributed by atoms with Crippen molar-refractivity contribution in [3.8, 4) is 17.3 Å². The molecule has 9 heteroatoms. The van der Waals surface area contributed by atoms with Crippen molar-refractivity contribution in [2.45, 2.75) is 44.9 Å². The van der Waals surface area contributed by atoms with Crippen LogP contribution in [-0.4, -0.2) is 46.5 Å². The number of aryl methyl sites for hydroxylation is 2. The highest BCUT2D eigenvalue weighted by atomic mass is 31.2.